The van der Waals surface area contributed by atoms with Crippen LogP contribution in [-0.4, -0.2) is 37.7 Å². The van der Waals surface area contributed by atoms with E-state index in [9.17, 15) is 0 Å². The van der Waals surface area contributed by atoms with Crippen LogP contribution >= 0.6 is 11.8 Å². The Morgan fingerprint density at radius 2 is 2.33 bits per heavy atom. The highest BCUT2D eigenvalue weighted by atomic mass is 32.2. The number of nitrogens with one attached hydrogen (secondary N) is 3. The van der Waals surface area contributed by atoms with Gasteiger partial charge in [0.05, 0.1) is 11.6 Å². The van der Waals surface area contributed by atoms with Gasteiger partial charge in [-0.05, 0) is 12.7 Å². The second-order valence-corrected chi connectivity index (χ2v) is 5.20. The van der Waals surface area contributed by atoms with Crippen molar-refractivity contribution in [1.82, 2.24) is 20.2 Å². The molecular formula is C10H17N7S. The maximum Gasteiger partial charge on any atom is 0.241 e. The molecule has 2 rings (SSSR count). The van der Waals surface area contributed by atoms with Crippen LogP contribution in [0.5, 0.6) is 0 Å². The Morgan fingerprint density at radius 1 is 1.50 bits per heavy atom. The molecule has 1 atom stereocenters. The van der Waals surface area contributed by atoms with Gasteiger partial charge >= 0.3 is 0 Å². The first kappa shape index (κ1) is 12.9. The van der Waals surface area contributed by atoms with E-state index in [1.807, 2.05) is 11.8 Å². The lowest BCUT2D eigenvalue weighted by Gasteiger charge is -2.14. The Balaban J connectivity index is 2.22. The summed E-state index contributed by atoms with van der Waals surface area (Å²) in [5, 5.41) is 11.0. The summed E-state index contributed by atoms with van der Waals surface area (Å²) in [5.41, 5.74) is 3.11. The van der Waals surface area contributed by atoms with Crippen LogP contribution in [0.1, 0.15) is 13.8 Å². The molecule has 18 heavy (non-hydrogen) atoms. The quantitative estimate of drug-likeness (QED) is 0.460. The molecule has 2 heterocycles. The standard InChI is InChI=1S/C10H17N7S/c1-3-18-5-6(2)13-8-7-4-12-17-9(7)15-10(14-8)16-11/h4,6H,3,5,11H2,1-2H3,(H3,12,13,14,15,16,17). The normalized spacial score (nSPS) is 12.6. The van der Waals surface area contributed by atoms with Gasteiger partial charge in [-0.15, -0.1) is 0 Å². The van der Waals surface area contributed by atoms with Crippen molar-refractivity contribution in [3.63, 3.8) is 0 Å². The van der Waals surface area contributed by atoms with Gasteiger partial charge in [-0.1, -0.05) is 6.92 Å². The molecule has 0 bridgehead atoms. The van der Waals surface area contributed by atoms with E-state index in [2.05, 4.69) is 44.8 Å². The van der Waals surface area contributed by atoms with Crippen molar-refractivity contribution in [3.8, 4) is 0 Å². The number of anilines is 2. The molecule has 7 nitrogen and oxygen atoms in total. The van der Waals surface area contributed by atoms with Crippen LogP contribution in [0.4, 0.5) is 11.8 Å². The third kappa shape index (κ3) is 2.82. The molecule has 1 unspecified atom stereocenters. The number of aromatic amines is 1. The predicted molar refractivity (Wildman–Crippen MR) is 75.6 cm³/mol. The summed E-state index contributed by atoms with van der Waals surface area (Å²) in [6, 6.07) is 0.313. The number of nitrogens with zero attached hydrogens (tertiary/aromatic N) is 3. The number of fused-ring (bicyclic) bond motifs is 1. The van der Waals surface area contributed by atoms with Crippen molar-refractivity contribution in [2.24, 2.45) is 5.84 Å². The van der Waals surface area contributed by atoms with E-state index in [1.165, 1.54) is 0 Å². The van der Waals surface area contributed by atoms with E-state index in [0.29, 0.717) is 17.6 Å². The summed E-state index contributed by atoms with van der Waals surface area (Å²) in [7, 11) is 0. The molecule has 2 aromatic rings. The van der Waals surface area contributed by atoms with E-state index in [1.54, 1.807) is 6.20 Å². The zero-order valence-corrected chi connectivity index (χ0v) is 11.2. The second-order valence-electron chi connectivity index (χ2n) is 3.88. The molecule has 0 aliphatic carbocycles. The fourth-order valence-corrected chi connectivity index (χ4v) is 2.25. The zero-order valence-electron chi connectivity index (χ0n) is 10.4. The first-order valence-corrected chi connectivity index (χ1v) is 6.92. The highest BCUT2D eigenvalue weighted by Crippen LogP contribution is 2.20. The van der Waals surface area contributed by atoms with Gasteiger partial charge in [-0.3, -0.25) is 10.5 Å². The van der Waals surface area contributed by atoms with E-state index in [4.69, 9.17) is 5.84 Å². The molecule has 0 aromatic carbocycles. The molecule has 98 valence electrons. The average Bonchev–Trinajstić information content (AvgIpc) is 2.84. The van der Waals surface area contributed by atoms with Gasteiger partial charge in [-0.2, -0.15) is 26.8 Å². The Bertz CT molecular complexity index is 512. The minimum atomic E-state index is 0.313. The van der Waals surface area contributed by atoms with Crippen LogP contribution in [0.2, 0.25) is 0 Å². The first-order chi connectivity index (χ1) is 8.74. The van der Waals surface area contributed by atoms with E-state index < -0.39 is 0 Å². The topological polar surface area (TPSA) is 105 Å². The van der Waals surface area contributed by atoms with Crippen LogP contribution in [0.15, 0.2) is 6.20 Å². The smallest absolute Gasteiger partial charge is 0.241 e. The molecule has 0 spiro atoms. The predicted octanol–water partition coefficient (Wildman–Crippen LogP) is 1.19. The minimum Gasteiger partial charge on any atom is -0.366 e. The lowest BCUT2D eigenvalue weighted by molar-refractivity contribution is 0.903. The van der Waals surface area contributed by atoms with E-state index >= 15 is 0 Å². The lowest BCUT2D eigenvalue weighted by atomic mass is 10.3. The van der Waals surface area contributed by atoms with Gasteiger partial charge in [0.15, 0.2) is 5.65 Å². The SMILES string of the molecule is CCSCC(C)Nc1nc(NN)nc2[nH]ncc12. The van der Waals surface area contributed by atoms with Crippen LogP contribution < -0.4 is 16.6 Å². The molecule has 5 N–H and O–H groups in total. The monoisotopic (exact) mass is 267 g/mol. The van der Waals surface area contributed by atoms with Crippen LogP contribution in [0, 0.1) is 0 Å². The fraction of sp³-hybridized carbons (Fsp3) is 0.500. The summed E-state index contributed by atoms with van der Waals surface area (Å²) < 4.78 is 0. The molecular weight excluding hydrogens is 250 g/mol. The number of thioether (sulfide) groups is 1. The molecule has 0 saturated carbocycles. The van der Waals surface area contributed by atoms with Crippen molar-refractivity contribution in [1.29, 1.82) is 0 Å². The summed E-state index contributed by atoms with van der Waals surface area (Å²) in [6.07, 6.45) is 1.71. The average molecular weight is 267 g/mol. The number of hydrogen-bond acceptors (Lipinski definition) is 7. The summed E-state index contributed by atoms with van der Waals surface area (Å²) in [6.45, 7) is 4.26. The number of nitrogen functional groups attached to an aromatic ring is 1. The Hall–Kier alpha value is -1.54. The van der Waals surface area contributed by atoms with E-state index in [-0.39, 0.29) is 0 Å². The van der Waals surface area contributed by atoms with Crippen LogP contribution in [0.25, 0.3) is 11.0 Å². The highest BCUT2D eigenvalue weighted by Gasteiger charge is 2.11. The maximum absolute atomic E-state index is 5.35. The van der Waals surface area contributed by atoms with Crippen molar-refractivity contribution < 1.29 is 0 Å². The van der Waals surface area contributed by atoms with Gasteiger partial charge in [0, 0.05) is 11.8 Å². The lowest BCUT2D eigenvalue weighted by Crippen LogP contribution is -2.20. The second kappa shape index (κ2) is 5.87. The zero-order chi connectivity index (χ0) is 13.0. The molecule has 2 aromatic heterocycles. The third-order valence-electron chi connectivity index (χ3n) is 2.39. The summed E-state index contributed by atoms with van der Waals surface area (Å²) in [5.74, 6) is 8.58. The number of hydrogen-bond donors (Lipinski definition) is 4. The molecule has 0 aliphatic heterocycles. The van der Waals surface area contributed by atoms with Gasteiger partial charge in [0.1, 0.15) is 5.82 Å². The van der Waals surface area contributed by atoms with Crippen LogP contribution in [-0.2, 0) is 0 Å². The molecule has 0 fully saturated rings. The number of H-pyrrole nitrogens is 1. The summed E-state index contributed by atoms with van der Waals surface area (Å²) in [4.78, 5) is 8.49. The van der Waals surface area contributed by atoms with Crippen molar-refractivity contribution in [3.05, 3.63) is 6.20 Å². The Kier molecular flexibility index (Phi) is 4.21. The number of nitrogens with two attached hydrogens (primary N) is 1. The molecule has 8 heteroatoms. The van der Waals surface area contributed by atoms with Crippen molar-refractivity contribution >= 4 is 34.6 Å². The number of aromatic nitrogens is 4. The number of hydrazine groups is 1. The third-order valence-corrected chi connectivity index (χ3v) is 3.54. The van der Waals surface area contributed by atoms with Crippen molar-refractivity contribution in [2.45, 2.75) is 19.9 Å². The van der Waals surface area contributed by atoms with E-state index in [0.717, 1.165) is 22.7 Å². The molecule has 0 aliphatic rings. The van der Waals surface area contributed by atoms with Gasteiger partial charge in [0.25, 0.3) is 0 Å². The van der Waals surface area contributed by atoms with Gasteiger partial charge in [-0.25, -0.2) is 5.84 Å². The molecule has 0 amide bonds. The largest absolute Gasteiger partial charge is 0.366 e. The Morgan fingerprint density at radius 3 is 3.06 bits per heavy atom. The first-order valence-electron chi connectivity index (χ1n) is 5.76. The molecule has 0 saturated heterocycles. The number of rotatable bonds is 6. The van der Waals surface area contributed by atoms with Gasteiger partial charge < -0.3 is 5.32 Å². The molecule has 0 radical (unpaired) electrons. The summed E-state index contributed by atoms with van der Waals surface area (Å²) >= 11 is 1.88. The van der Waals surface area contributed by atoms with Crippen LogP contribution in [0.3, 0.4) is 0 Å². The van der Waals surface area contributed by atoms with Crippen molar-refractivity contribution in [2.75, 3.05) is 22.2 Å². The highest BCUT2D eigenvalue weighted by molar-refractivity contribution is 7.99. The minimum absolute atomic E-state index is 0.313. The maximum atomic E-state index is 5.35. The van der Waals surface area contributed by atoms with Gasteiger partial charge in [0.2, 0.25) is 5.95 Å². The fourth-order valence-electron chi connectivity index (χ4n) is 1.58. The Labute approximate surface area is 109 Å².